The Hall–Kier alpha value is -3.05. The minimum absolute atomic E-state index is 0.195. The molecule has 1 aromatic heterocycles. The molecular formula is C21H19ClN2O3. The van der Waals surface area contributed by atoms with Crippen LogP contribution in [0.15, 0.2) is 71.7 Å². The molecule has 0 radical (unpaired) electrons. The van der Waals surface area contributed by atoms with Gasteiger partial charge in [-0.2, -0.15) is 0 Å². The van der Waals surface area contributed by atoms with Gasteiger partial charge >= 0.3 is 0 Å². The van der Waals surface area contributed by atoms with Gasteiger partial charge in [0.15, 0.2) is 0 Å². The van der Waals surface area contributed by atoms with Crippen LogP contribution in [-0.4, -0.2) is 17.6 Å². The fourth-order valence-electron chi connectivity index (χ4n) is 2.67. The van der Waals surface area contributed by atoms with Crippen LogP contribution in [0.3, 0.4) is 0 Å². The maximum Gasteiger partial charge on any atom is 0.253 e. The van der Waals surface area contributed by atoms with Crippen LogP contribution in [0.25, 0.3) is 0 Å². The molecule has 1 N–H and O–H groups in total. The van der Waals surface area contributed by atoms with Crippen LogP contribution in [-0.2, 0) is 13.1 Å². The van der Waals surface area contributed by atoms with Crippen molar-refractivity contribution in [3.63, 3.8) is 0 Å². The van der Waals surface area contributed by atoms with Gasteiger partial charge in [-0.25, -0.2) is 0 Å². The van der Waals surface area contributed by atoms with E-state index in [-0.39, 0.29) is 11.5 Å². The summed E-state index contributed by atoms with van der Waals surface area (Å²) >= 11 is 6.17. The van der Waals surface area contributed by atoms with Gasteiger partial charge in [0, 0.05) is 23.8 Å². The molecule has 1 amide bonds. The van der Waals surface area contributed by atoms with Gasteiger partial charge in [-0.15, -0.1) is 0 Å². The van der Waals surface area contributed by atoms with E-state index >= 15 is 0 Å². The monoisotopic (exact) mass is 382 g/mol. The third-order valence-corrected chi connectivity index (χ3v) is 4.50. The summed E-state index contributed by atoms with van der Waals surface area (Å²) in [6.07, 6.45) is 1.55. The molecular weight excluding hydrogens is 364 g/mol. The number of carbonyl (C=O) groups excluding carboxylic acids is 1. The number of halogens is 1. The molecule has 0 bridgehead atoms. The van der Waals surface area contributed by atoms with E-state index in [0.717, 1.165) is 16.9 Å². The Bertz CT molecular complexity index is 1010. The summed E-state index contributed by atoms with van der Waals surface area (Å²) in [5.74, 6) is 0.473. The summed E-state index contributed by atoms with van der Waals surface area (Å²) in [5.41, 5.74) is 1.95. The number of carbonyl (C=O) groups is 1. The normalized spacial score (nSPS) is 10.4. The van der Waals surface area contributed by atoms with E-state index in [0.29, 0.717) is 23.7 Å². The molecule has 0 atom stereocenters. The van der Waals surface area contributed by atoms with E-state index in [4.69, 9.17) is 16.3 Å². The average molecular weight is 383 g/mol. The molecule has 3 aromatic rings. The molecule has 2 aromatic carbocycles. The SMILES string of the molecule is COc1cccc(CNC(=O)c2ccc(=O)n(Cc3ccccc3Cl)c2)c1. The molecule has 0 aliphatic heterocycles. The fraction of sp³-hybridized carbons (Fsp3) is 0.143. The van der Waals surface area contributed by atoms with Crippen molar-refractivity contribution in [1.29, 1.82) is 0 Å². The standard InChI is InChI=1S/C21H19ClN2O3/c1-27-18-7-4-5-15(11-18)12-23-21(26)17-9-10-20(25)24(14-17)13-16-6-2-3-8-19(16)22/h2-11,14H,12-13H2,1H3,(H,23,26). The van der Waals surface area contributed by atoms with Crippen molar-refractivity contribution >= 4 is 17.5 Å². The maximum atomic E-state index is 12.5. The maximum absolute atomic E-state index is 12.5. The highest BCUT2D eigenvalue weighted by atomic mass is 35.5. The van der Waals surface area contributed by atoms with Crippen LogP contribution in [0.4, 0.5) is 0 Å². The van der Waals surface area contributed by atoms with Gasteiger partial charge in [0.1, 0.15) is 5.75 Å². The van der Waals surface area contributed by atoms with Gasteiger partial charge in [0.2, 0.25) is 0 Å². The van der Waals surface area contributed by atoms with Crippen molar-refractivity contribution in [2.75, 3.05) is 7.11 Å². The Morgan fingerprint density at radius 3 is 2.70 bits per heavy atom. The highest BCUT2D eigenvalue weighted by Gasteiger charge is 2.09. The van der Waals surface area contributed by atoms with Gasteiger partial charge in [-0.1, -0.05) is 41.9 Å². The predicted molar refractivity (Wildman–Crippen MR) is 105 cm³/mol. The Morgan fingerprint density at radius 2 is 1.93 bits per heavy atom. The molecule has 6 heteroatoms. The quantitative estimate of drug-likeness (QED) is 0.710. The summed E-state index contributed by atoms with van der Waals surface area (Å²) in [7, 11) is 1.60. The molecule has 0 unspecified atom stereocenters. The fourth-order valence-corrected chi connectivity index (χ4v) is 2.86. The van der Waals surface area contributed by atoms with Gasteiger partial charge in [0.05, 0.1) is 19.2 Å². The van der Waals surface area contributed by atoms with Gasteiger partial charge in [0.25, 0.3) is 11.5 Å². The number of aromatic nitrogens is 1. The first kappa shape index (κ1) is 18.7. The summed E-state index contributed by atoms with van der Waals surface area (Å²) in [4.78, 5) is 24.6. The number of pyridine rings is 1. The number of amides is 1. The second-order valence-corrected chi connectivity index (χ2v) is 6.42. The molecule has 27 heavy (non-hydrogen) atoms. The largest absolute Gasteiger partial charge is 0.497 e. The highest BCUT2D eigenvalue weighted by molar-refractivity contribution is 6.31. The molecule has 0 spiro atoms. The number of methoxy groups -OCH3 is 1. The predicted octanol–water partition coefficient (Wildman–Crippen LogP) is 3.49. The Labute approximate surface area is 162 Å². The molecule has 5 nitrogen and oxygen atoms in total. The first-order valence-electron chi connectivity index (χ1n) is 8.42. The van der Waals surface area contributed by atoms with Crippen molar-refractivity contribution in [3.8, 4) is 5.75 Å². The molecule has 1 heterocycles. The van der Waals surface area contributed by atoms with Gasteiger partial charge < -0.3 is 14.6 Å². The lowest BCUT2D eigenvalue weighted by molar-refractivity contribution is 0.0950. The van der Waals surface area contributed by atoms with E-state index < -0.39 is 0 Å². The molecule has 0 fully saturated rings. The van der Waals surface area contributed by atoms with Crippen molar-refractivity contribution in [2.24, 2.45) is 0 Å². The minimum atomic E-state index is -0.259. The summed E-state index contributed by atoms with van der Waals surface area (Å²) in [5, 5.41) is 3.43. The topological polar surface area (TPSA) is 60.3 Å². The van der Waals surface area contributed by atoms with Crippen molar-refractivity contribution in [1.82, 2.24) is 9.88 Å². The van der Waals surface area contributed by atoms with Crippen LogP contribution in [0.5, 0.6) is 5.75 Å². The smallest absolute Gasteiger partial charge is 0.253 e. The van der Waals surface area contributed by atoms with Crippen molar-refractivity contribution in [3.05, 3.63) is 98.9 Å². The molecule has 138 valence electrons. The van der Waals surface area contributed by atoms with E-state index in [1.165, 1.54) is 16.7 Å². The molecule has 0 saturated heterocycles. The second kappa shape index (κ2) is 8.56. The molecule has 0 saturated carbocycles. The van der Waals surface area contributed by atoms with Crippen LogP contribution in [0, 0.1) is 0 Å². The lowest BCUT2D eigenvalue weighted by Gasteiger charge is -2.10. The number of hydrogen-bond donors (Lipinski definition) is 1. The third-order valence-electron chi connectivity index (χ3n) is 4.13. The zero-order valence-corrected chi connectivity index (χ0v) is 15.6. The van der Waals surface area contributed by atoms with Crippen LogP contribution in [0.1, 0.15) is 21.5 Å². The summed E-state index contributed by atoms with van der Waals surface area (Å²) in [6.45, 7) is 0.662. The molecule has 0 aliphatic carbocycles. The van der Waals surface area contributed by atoms with Crippen LogP contribution in [0.2, 0.25) is 5.02 Å². The van der Waals surface area contributed by atoms with Crippen molar-refractivity contribution < 1.29 is 9.53 Å². The lowest BCUT2D eigenvalue weighted by atomic mass is 10.2. The van der Waals surface area contributed by atoms with Gasteiger partial charge in [-0.3, -0.25) is 9.59 Å². The van der Waals surface area contributed by atoms with E-state index in [1.807, 2.05) is 42.5 Å². The Morgan fingerprint density at radius 1 is 1.11 bits per heavy atom. The first-order valence-corrected chi connectivity index (χ1v) is 8.79. The highest BCUT2D eigenvalue weighted by Crippen LogP contribution is 2.16. The van der Waals surface area contributed by atoms with Crippen molar-refractivity contribution in [2.45, 2.75) is 13.1 Å². The minimum Gasteiger partial charge on any atom is -0.497 e. The molecule has 3 rings (SSSR count). The third kappa shape index (κ3) is 4.77. The zero-order valence-electron chi connectivity index (χ0n) is 14.8. The number of ether oxygens (including phenoxy) is 1. The Balaban J connectivity index is 1.73. The number of benzene rings is 2. The van der Waals surface area contributed by atoms with E-state index in [1.54, 1.807) is 19.4 Å². The molecule has 0 aliphatic rings. The lowest BCUT2D eigenvalue weighted by Crippen LogP contribution is -2.26. The van der Waals surface area contributed by atoms with Gasteiger partial charge in [-0.05, 0) is 35.4 Å². The Kier molecular flexibility index (Phi) is 5.94. The number of nitrogens with zero attached hydrogens (tertiary/aromatic N) is 1. The number of hydrogen-bond acceptors (Lipinski definition) is 3. The van der Waals surface area contributed by atoms with Crippen LogP contribution >= 0.6 is 11.6 Å². The number of nitrogens with one attached hydrogen (secondary N) is 1. The van der Waals surface area contributed by atoms with E-state index in [2.05, 4.69) is 5.32 Å². The zero-order chi connectivity index (χ0) is 19.2. The van der Waals surface area contributed by atoms with Crippen LogP contribution < -0.4 is 15.6 Å². The summed E-state index contributed by atoms with van der Waals surface area (Å²) in [6, 6.07) is 17.7. The first-order chi connectivity index (χ1) is 13.1. The second-order valence-electron chi connectivity index (χ2n) is 6.01. The number of rotatable bonds is 6. The van der Waals surface area contributed by atoms with E-state index in [9.17, 15) is 9.59 Å². The average Bonchev–Trinajstić information content (AvgIpc) is 2.69. The summed E-state index contributed by atoms with van der Waals surface area (Å²) < 4.78 is 6.65.